The Morgan fingerprint density at radius 2 is 2.00 bits per heavy atom. The third-order valence-electron chi connectivity index (χ3n) is 4.38. The maximum absolute atomic E-state index is 12.5. The van der Waals surface area contributed by atoms with Crippen LogP contribution < -0.4 is 10.2 Å². The molecule has 0 aromatic carbocycles. The summed E-state index contributed by atoms with van der Waals surface area (Å²) in [6.45, 7) is 3.78. The van der Waals surface area contributed by atoms with E-state index >= 15 is 0 Å². The van der Waals surface area contributed by atoms with E-state index in [0.29, 0.717) is 31.7 Å². The Kier molecular flexibility index (Phi) is 5.34. The molecule has 1 fully saturated rings. The Morgan fingerprint density at radius 1 is 1.26 bits per heavy atom. The fourth-order valence-corrected chi connectivity index (χ4v) is 2.87. The summed E-state index contributed by atoms with van der Waals surface area (Å²) in [6.07, 6.45) is 4.18. The number of nitrogens with one attached hydrogen (secondary N) is 1. The molecule has 2 amide bonds. The Bertz CT molecular complexity index is 813. The number of rotatable bonds is 5. The van der Waals surface area contributed by atoms with Crippen LogP contribution in [0.1, 0.15) is 17.3 Å². The van der Waals surface area contributed by atoms with Gasteiger partial charge in [-0.25, -0.2) is 0 Å². The Hall–Kier alpha value is -3.43. The lowest BCUT2D eigenvalue weighted by molar-refractivity contribution is -0.389. The van der Waals surface area contributed by atoms with Crippen molar-refractivity contribution in [3.63, 3.8) is 0 Å². The number of anilines is 1. The molecule has 1 aliphatic rings. The number of aromatic nitrogens is 1. The zero-order chi connectivity index (χ0) is 19.4. The van der Waals surface area contributed by atoms with Gasteiger partial charge < -0.3 is 29.6 Å². The summed E-state index contributed by atoms with van der Waals surface area (Å²) in [5, 5.41) is 13.3. The molecule has 10 nitrogen and oxygen atoms in total. The van der Waals surface area contributed by atoms with Crippen molar-refractivity contribution in [1.29, 1.82) is 0 Å². The molecule has 3 rings (SSSR count). The molecular weight excluding hydrogens is 354 g/mol. The van der Waals surface area contributed by atoms with E-state index in [2.05, 4.69) is 10.3 Å². The zero-order valence-electron chi connectivity index (χ0n) is 14.7. The molecule has 3 heterocycles. The Balaban J connectivity index is 1.52. The largest absolute Gasteiger partial charge is 0.472 e. The smallest absolute Gasteiger partial charge is 0.363 e. The first-order chi connectivity index (χ1) is 13.0. The molecule has 27 heavy (non-hydrogen) atoms. The molecule has 2 aromatic heterocycles. The molecule has 1 aliphatic heterocycles. The second-order valence-electron chi connectivity index (χ2n) is 6.15. The second-order valence-corrected chi connectivity index (χ2v) is 6.15. The molecule has 142 valence electrons. The average molecular weight is 373 g/mol. The van der Waals surface area contributed by atoms with Crippen LogP contribution in [-0.2, 0) is 4.79 Å². The lowest BCUT2D eigenvalue weighted by Crippen LogP contribution is -2.54. The minimum Gasteiger partial charge on any atom is -0.472 e. The minimum atomic E-state index is -0.653. The van der Waals surface area contributed by atoms with Crippen LogP contribution in [0.25, 0.3) is 0 Å². The lowest BCUT2D eigenvalue weighted by Gasteiger charge is -2.36. The molecule has 1 saturated heterocycles. The Morgan fingerprint density at radius 3 is 2.56 bits per heavy atom. The highest BCUT2D eigenvalue weighted by Gasteiger charge is 2.27. The third-order valence-corrected chi connectivity index (χ3v) is 4.38. The number of nitro groups is 1. The molecule has 0 saturated carbocycles. The third kappa shape index (κ3) is 4.22. The highest BCUT2D eigenvalue weighted by Crippen LogP contribution is 2.18. The standard InChI is InChI=1S/C17H19N5O5/c1-12(19-16(23)13-4-9-27-11-13)17(24)21-7-5-20(6-8-21)14-2-3-15(18-10-14)22(25)26/h2-4,9-12H,5-8H2,1H3,(H,19,23). The lowest BCUT2D eigenvalue weighted by atomic mass is 10.2. The number of carbonyl (C=O) groups is 2. The van der Waals surface area contributed by atoms with Gasteiger partial charge >= 0.3 is 5.82 Å². The second kappa shape index (κ2) is 7.85. The number of hydrogen-bond acceptors (Lipinski definition) is 7. The van der Waals surface area contributed by atoms with Gasteiger partial charge in [-0.1, -0.05) is 0 Å². The highest BCUT2D eigenvalue weighted by molar-refractivity contribution is 5.97. The van der Waals surface area contributed by atoms with E-state index in [-0.39, 0.29) is 17.6 Å². The summed E-state index contributed by atoms with van der Waals surface area (Å²) in [5.74, 6) is -0.719. The topological polar surface area (TPSA) is 122 Å². The number of piperazine rings is 1. The predicted molar refractivity (Wildman–Crippen MR) is 95.3 cm³/mol. The molecule has 0 radical (unpaired) electrons. The summed E-state index contributed by atoms with van der Waals surface area (Å²) < 4.78 is 4.86. The van der Waals surface area contributed by atoms with Crippen LogP contribution in [0.5, 0.6) is 0 Å². The van der Waals surface area contributed by atoms with Crippen LogP contribution in [-0.4, -0.2) is 58.8 Å². The van der Waals surface area contributed by atoms with Crippen molar-refractivity contribution in [1.82, 2.24) is 15.2 Å². The number of carbonyl (C=O) groups excluding carboxylic acids is 2. The molecule has 1 unspecified atom stereocenters. The molecule has 1 atom stereocenters. The first-order valence-electron chi connectivity index (χ1n) is 8.43. The number of pyridine rings is 1. The van der Waals surface area contributed by atoms with E-state index in [1.165, 1.54) is 30.9 Å². The fraction of sp³-hybridized carbons (Fsp3) is 0.353. The molecule has 10 heteroatoms. The van der Waals surface area contributed by atoms with Crippen LogP contribution in [0.3, 0.4) is 0 Å². The van der Waals surface area contributed by atoms with Crippen molar-refractivity contribution in [2.45, 2.75) is 13.0 Å². The maximum Gasteiger partial charge on any atom is 0.363 e. The van der Waals surface area contributed by atoms with E-state index in [4.69, 9.17) is 4.42 Å². The van der Waals surface area contributed by atoms with E-state index in [9.17, 15) is 19.7 Å². The molecule has 1 N–H and O–H groups in total. The van der Waals surface area contributed by atoms with Crippen molar-refractivity contribution >= 4 is 23.3 Å². The quantitative estimate of drug-likeness (QED) is 0.614. The molecule has 0 aliphatic carbocycles. The van der Waals surface area contributed by atoms with Crippen molar-refractivity contribution in [3.05, 3.63) is 52.6 Å². The SMILES string of the molecule is CC(NC(=O)c1ccoc1)C(=O)N1CCN(c2ccc([N+](=O)[O-])nc2)CC1. The van der Waals surface area contributed by atoms with E-state index < -0.39 is 11.0 Å². The molecular formula is C17H19N5O5. The number of amides is 2. The average Bonchev–Trinajstić information content (AvgIpc) is 3.22. The van der Waals surface area contributed by atoms with Crippen LogP contribution >= 0.6 is 0 Å². The first kappa shape index (κ1) is 18.4. The summed E-state index contributed by atoms with van der Waals surface area (Å²) >= 11 is 0. The van der Waals surface area contributed by atoms with Gasteiger partial charge in [-0.2, -0.15) is 0 Å². The van der Waals surface area contributed by atoms with Crippen LogP contribution in [0.2, 0.25) is 0 Å². The van der Waals surface area contributed by atoms with Gasteiger partial charge in [-0.05, 0) is 29.0 Å². The monoisotopic (exact) mass is 373 g/mol. The number of nitrogens with zero attached hydrogens (tertiary/aromatic N) is 4. The van der Waals surface area contributed by atoms with Crippen LogP contribution in [0.15, 0.2) is 41.3 Å². The fourth-order valence-electron chi connectivity index (χ4n) is 2.87. The summed E-state index contributed by atoms with van der Waals surface area (Å²) in [6, 6.07) is 3.89. The molecule has 0 spiro atoms. The highest BCUT2D eigenvalue weighted by atomic mass is 16.6. The van der Waals surface area contributed by atoms with Gasteiger partial charge in [0, 0.05) is 32.2 Å². The van der Waals surface area contributed by atoms with E-state index in [1.807, 2.05) is 4.90 Å². The number of hydrogen-bond donors (Lipinski definition) is 1. The zero-order valence-corrected chi connectivity index (χ0v) is 14.7. The van der Waals surface area contributed by atoms with Gasteiger partial charge in [0.1, 0.15) is 12.3 Å². The summed E-state index contributed by atoms with van der Waals surface area (Å²) in [4.78, 5) is 42.2. The van der Waals surface area contributed by atoms with Gasteiger partial charge in [0.2, 0.25) is 5.91 Å². The van der Waals surface area contributed by atoms with Crippen molar-refractivity contribution in [2.75, 3.05) is 31.1 Å². The molecule has 2 aromatic rings. The number of furan rings is 1. The van der Waals surface area contributed by atoms with E-state index in [0.717, 1.165) is 5.69 Å². The van der Waals surface area contributed by atoms with Crippen LogP contribution in [0, 0.1) is 10.1 Å². The van der Waals surface area contributed by atoms with Gasteiger partial charge in [-0.15, -0.1) is 0 Å². The van der Waals surface area contributed by atoms with Gasteiger partial charge in [0.05, 0.1) is 17.5 Å². The summed E-state index contributed by atoms with van der Waals surface area (Å²) in [5.41, 5.74) is 1.14. The van der Waals surface area contributed by atoms with Crippen molar-refractivity contribution < 1.29 is 18.9 Å². The van der Waals surface area contributed by atoms with Crippen molar-refractivity contribution in [2.24, 2.45) is 0 Å². The predicted octanol–water partition coefficient (Wildman–Crippen LogP) is 1.05. The minimum absolute atomic E-state index is 0.159. The van der Waals surface area contributed by atoms with E-state index in [1.54, 1.807) is 17.9 Å². The first-order valence-corrected chi connectivity index (χ1v) is 8.43. The van der Waals surface area contributed by atoms with Gasteiger partial charge in [-0.3, -0.25) is 9.59 Å². The Labute approximate surface area is 154 Å². The normalized spacial score (nSPS) is 15.3. The maximum atomic E-state index is 12.5. The summed E-state index contributed by atoms with van der Waals surface area (Å²) in [7, 11) is 0. The van der Waals surface area contributed by atoms with Crippen molar-refractivity contribution in [3.8, 4) is 0 Å². The molecule has 0 bridgehead atoms. The van der Waals surface area contributed by atoms with Gasteiger partial charge in [0.25, 0.3) is 5.91 Å². The van der Waals surface area contributed by atoms with Crippen LogP contribution in [0.4, 0.5) is 11.5 Å². The van der Waals surface area contributed by atoms with Gasteiger partial charge in [0.15, 0.2) is 6.20 Å².